The van der Waals surface area contributed by atoms with Gasteiger partial charge in [0.25, 0.3) is 0 Å². The van der Waals surface area contributed by atoms with Gasteiger partial charge in [-0.1, -0.05) is 12.1 Å². The van der Waals surface area contributed by atoms with Crippen LogP contribution in [0.5, 0.6) is 0 Å². The lowest BCUT2D eigenvalue weighted by molar-refractivity contribution is -0.159. The number of methoxy groups -OCH3 is 1. The lowest BCUT2D eigenvalue weighted by Crippen LogP contribution is -2.45. The zero-order valence-corrected chi connectivity index (χ0v) is 20.2. The first-order chi connectivity index (χ1) is 18.0. The maximum atomic E-state index is 11.5. The van der Waals surface area contributed by atoms with Crippen molar-refractivity contribution in [3.05, 3.63) is 53.7 Å². The van der Waals surface area contributed by atoms with Crippen LogP contribution in [0, 0.1) is 0 Å². The fourth-order valence-corrected chi connectivity index (χ4v) is 3.29. The van der Waals surface area contributed by atoms with Crippen molar-refractivity contribution >= 4 is 40.9 Å². The fourth-order valence-electron chi connectivity index (χ4n) is 3.29. The number of esters is 1. The molecule has 3 heterocycles. The highest BCUT2D eigenvalue weighted by Gasteiger charge is 2.20. The highest BCUT2D eigenvalue weighted by Crippen LogP contribution is 2.15. The van der Waals surface area contributed by atoms with Crippen molar-refractivity contribution in [2.45, 2.75) is 13.1 Å². The van der Waals surface area contributed by atoms with Gasteiger partial charge in [-0.05, 0) is 24.3 Å². The van der Waals surface area contributed by atoms with Gasteiger partial charge in [0.05, 0.1) is 31.2 Å². The minimum Gasteiger partial charge on any atom is -0.473 e. The third-order valence-electron chi connectivity index (χ3n) is 5.07. The number of piperazine rings is 1. The van der Waals surface area contributed by atoms with E-state index in [-0.39, 0.29) is 5.76 Å². The molecular formula is C23H26N4O11. The second-order valence-corrected chi connectivity index (χ2v) is 7.73. The van der Waals surface area contributed by atoms with Crippen molar-refractivity contribution in [2.24, 2.45) is 0 Å². The SMILES string of the molecule is COC(=O)c1ccc(CN2CCN(Cc3nc4ccccc4[nH]3)CC2)o1.O=C(O)C(=O)O.O=C(O)C(=O)O. The summed E-state index contributed by atoms with van der Waals surface area (Å²) in [6.45, 7) is 5.39. The van der Waals surface area contributed by atoms with Crippen LogP contribution in [0.4, 0.5) is 0 Å². The molecule has 0 spiro atoms. The molecule has 15 heteroatoms. The first kappa shape index (κ1) is 29.5. The van der Waals surface area contributed by atoms with E-state index in [2.05, 4.69) is 30.6 Å². The minimum absolute atomic E-state index is 0.256. The Morgan fingerprint density at radius 1 is 0.842 bits per heavy atom. The summed E-state index contributed by atoms with van der Waals surface area (Å²) >= 11 is 0. The number of aromatic amines is 1. The number of carbonyl (C=O) groups is 5. The molecule has 1 fully saturated rings. The second kappa shape index (κ2) is 14.1. The summed E-state index contributed by atoms with van der Waals surface area (Å²) in [6, 6.07) is 11.6. The Hall–Kier alpha value is -4.76. The van der Waals surface area contributed by atoms with Gasteiger partial charge in [-0.25, -0.2) is 29.0 Å². The average molecular weight is 534 g/mol. The molecule has 2 aromatic heterocycles. The summed E-state index contributed by atoms with van der Waals surface area (Å²) in [5.41, 5.74) is 2.10. The summed E-state index contributed by atoms with van der Waals surface area (Å²) in [6.07, 6.45) is 0. The van der Waals surface area contributed by atoms with Crippen molar-refractivity contribution in [1.82, 2.24) is 19.8 Å². The van der Waals surface area contributed by atoms with Crippen LogP contribution >= 0.6 is 0 Å². The van der Waals surface area contributed by atoms with E-state index in [9.17, 15) is 4.79 Å². The van der Waals surface area contributed by atoms with Gasteiger partial charge in [-0.2, -0.15) is 0 Å². The number of nitrogens with one attached hydrogen (secondary N) is 1. The first-order valence-electron chi connectivity index (χ1n) is 11.0. The molecule has 0 saturated carbocycles. The molecule has 3 aromatic rings. The van der Waals surface area contributed by atoms with Crippen LogP contribution in [0.1, 0.15) is 22.1 Å². The van der Waals surface area contributed by atoms with Crippen LogP contribution < -0.4 is 0 Å². The summed E-state index contributed by atoms with van der Waals surface area (Å²) in [4.78, 5) is 60.6. The van der Waals surface area contributed by atoms with Gasteiger partial charge in [0.1, 0.15) is 11.6 Å². The zero-order valence-electron chi connectivity index (χ0n) is 20.2. The zero-order chi connectivity index (χ0) is 28.2. The smallest absolute Gasteiger partial charge is 0.414 e. The number of ether oxygens (including phenoxy) is 1. The molecule has 0 bridgehead atoms. The summed E-state index contributed by atoms with van der Waals surface area (Å²) in [7, 11) is 1.35. The highest BCUT2D eigenvalue weighted by atomic mass is 16.5. The van der Waals surface area contributed by atoms with E-state index in [4.69, 9.17) is 44.0 Å². The maximum Gasteiger partial charge on any atom is 0.414 e. The topological polar surface area (TPSA) is 224 Å². The number of furan rings is 1. The quantitative estimate of drug-likeness (QED) is 0.223. The normalized spacial score (nSPS) is 13.4. The van der Waals surface area contributed by atoms with Crippen LogP contribution in [0.15, 0.2) is 40.8 Å². The monoisotopic (exact) mass is 534 g/mol. The number of nitrogens with zero attached hydrogens (tertiary/aromatic N) is 3. The lowest BCUT2D eigenvalue weighted by Gasteiger charge is -2.33. The van der Waals surface area contributed by atoms with Gasteiger partial charge >= 0.3 is 29.8 Å². The number of aromatic nitrogens is 2. The number of para-hydroxylation sites is 2. The van der Waals surface area contributed by atoms with E-state index in [1.54, 1.807) is 6.07 Å². The average Bonchev–Trinajstić information content (AvgIpc) is 3.52. The Balaban J connectivity index is 0.000000355. The first-order valence-corrected chi connectivity index (χ1v) is 11.0. The number of hydrogen-bond acceptors (Lipinski definition) is 10. The molecule has 0 unspecified atom stereocenters. The standard InChI is InChI=1S/C19H22N4O3.2C2H2O4/c1-25-19(24)17-7-6-14(26-17)12-22-8-10-23(11-9-22)13-18-20-15-4-2-3-5-16(15)21-18;2*3-1(4)2(5)6/h2-7H,8-13H2,1H3,(H,20,21);2*(H,3,4)(H,5,6). The summed E-state index contributed by atoms with van der Waals surface area (Å²) in [5.74, 6) is -5.68. The number of carboxylic acid groups (broad SMARTS) is 4. The molecule has 204 valence electrons. The van der Waals surface area contributed by atoms with Crippen molar-refractivity contribution in [3.8, 4) is 0 Å². The number of H-pyrrole nitrogens is 1. The number of rotatable bonds is 5. The predicted molar refractivity (Wildman–Crippen MR) is 127 cm³/mol. The van der Waals surface area contributed by atoms with Crippen molar-refractivity contribution < 1.29 is 53.6 Å². The number of hydrogen-bond donors (Lipinski definition) is 5. The molecule has 1 aromatic carbocycles. The third-order valence-corrected chi connectivity index (χ3v) is 5.07. The molecule has 0 atom stereocenters. The van der Waals surface area contributed by atoms with Crippen LogP contribution in [0.2, 0.25) is 0 Å². The maximum absolute atomic E-state index is 11.5. The van der Waals surface area contributed by atoms with Crippen molar-refractivity contribution in [3.63, 3.8) is 0 Å². The number of benzene rings is 1. The molecule has 15 nitrogen and oxygen atoms in total. The molecule has 1 saturated heterocycles. The lowest BCUT2D eigenvalue weighted by atomic mass is 10.3. The van der Waals surface area contributed by atoms with Crippen LogP contribution in [0.3, 0.4) is 0 Å². The molecule has 4 rings (SSSR count). The van der Waals surface area contributed by atoms with Crippen molar-refractivity contribution in [2.75, 3.05) is 33.3 Å². The molecule has 0 amide bonds. The summed E-state index contributed by atoms with van der Waals surface area (Å²) in [5, 5.41) is 29.6. The highest BCUT2D eigenvalue weighted by molar-refractivity contribution is 6.27. The fraction of sp³-hybridized carbons (Fsp3) is 0.304. The Kier molecular flexibility index (Phi) is 10.9. The molecule has 38 heavy (non-hydrogen) atoms. The largest absolute Gasteiger partial charge is 0.473 e. The van der Waals surface area contributed by atoms with Gasteiger partial charge in [0.15, 0.2) is 0 Å². The number of imidazole rings is 1. The van der Waals surface area contributed by atoms with Crippen LogP contribution in [0.25, 0.3) is 11.0 Å². The van der Waals surface area contributed by atoms with E-state index >= 15 is 0 Å². The van der Waals surface area contributed by atoms with Gasteiger partial charge in [-0.15, -0.1) is 0 Å². The van der Waals surface area contributed by atoms with Crippen molar-refractivity contribution in [1.29, 1.82) is 0 Å². The summed E-state index contributed by atoms with van der Waals surface area (Å²) < 4.78 is 10.2. The van der Waals surface area contributed by atoms with E-state index in [0.29, 0.717) is 6.54 Å². The second-order valence-electron chi connectivity index (χ2n) is 7.73. The van der Waals surface area contributed by atoms with Gasteiger partial charge in [-0.3, -0.25) is 9.80 Å². The number of fused-ring (bicyclic) bond motifs is 1. The predicted octanol–water partition coefficient (Wildman–Crippen LogP) is 0.572. The van der Waals surface area contributed by atoms with E-state index in [1.807, 2.05) is 24.3 Å². The Bertz CT molecular complexity index is 1190. The van der Waals surface area contributed by atoms with Gasteiger partial charge in [0.2, 0.25) is 5.76 Å². The molecule has 0 radical (unpaired) electrons. The molecule has 0 aliphatic carbocycles. The molecular weight excluding hydrogens is 508 g/mol. The van der Waals surface area contributed by atoms with Gasteiger partial charge in [0, 0.05) is 26.2 Å². The minimum atomic E-state index is -1.82. The van der Waals surface area contributed by atoms with Gasteiger partial charge < -0.3 is 34.6 Å². The molecule has 5 N–H and O–H groups in total. The third kappa shape index (κ3) is 9.36. The van der Waals surface area contributed by atoms with Crippen LogP contribution in [-0.4, -0.2) is 103 Å². The number of carbonyl (C=O) groups excluding carboxylic acids is 1. The van der Waals surface area contributed by atoms with E-state index in [0.717, 1.165) is 55.3 Å². The number of carboxylic acids is 4. The molecule has 1 aliphatic rings. The van der Waals surface area contributed by atoms with E-state index < -0.39 is 29.8 Å². The van der Waals surface area contributed by atoms with Crippen LogP contribution in [-0.2, 0) is 37.0 Å². The number of aliphatic carboxylic acids is 4. The Morgan fingerprint density at radius 3 is 1.87 bits per heavy atom. The molecule has 1 aliphatic heterocycles. The van der Waals surface area contributed by atoms with E-state index in [1.165, 1.54) is 7.11 Å². The Labute approximate surface area is 214 Å². The Morgan fingerprint density at radius 2 is 1.37 bits per heavy atom.